The minimum absolute atomic E-state index is 0.0880. The molecule has 0 radical (unpaired) electrons. The summed E-state index contributed by atoms with van der Waals surface area (Å²) in [5.74, 6) is -0.0880. The van der Waals surface area contributed by atoms with Crippen LogP contribution in [-0.2, 0) is 17.8 Å². The Balaban J connectivity index is 1.46. The van der Waals surface area contributed by atoms with E-state index in [1.807, 2.05) is 24.3 Å². The highest BCUT2D eigenvalue weighted by molar-refractivity contribution is 5.77. The summed E-state index contributed by atoms with van der Waals surface area (Å²) >= 11 is 0. The van der Waals surface area contributed by atoms with Crippen LogP contribution in [0.3, 0.4) is 0 Å². The number of nitrogens with one attached hydrogen (secondary N) is 1. The predicted molar refractivity (Wildman–Crippen MR) is 96.2 cm³/mol. The first kappa shape index (κ1) is 16.8. The van der Waals surface area contributed by atoms with Gasteiger partial charge in [0.25, 0.3) is 5.56 Å². The molecule has 1 aromatic heterocycles. The number of amides is 1. The number of aryl methyl sites for hydroxylation is 2. The second-order valence-electron chi connectivity index (χ2n) is 5.82. The zero-order valence-corrected chi connectivity index (χ0v) is 13.9. The first-order chi connectivity index (χ1) is 12.2. The Labute approximate surface area is 145 Å². The van der Waals surface area contributed by atoms with Crippen molar-refractivity contribution in [2.75, 3.05) is 6.54 Å². The lowest BCUT2D eigenvalue weighted by Crippen LogP contribution is -2.30. The molecule has 6 heteroatoms. The largest absolute Gasteiger partial charge is 0.356 e. The zero-order chi connectivity index (χ0) is 17.5. The Kier molecular flexibility index (Phi) is 5.51. The van der Waals surface area contributed by atoms with Crippen molar-refractivity contribution >= 4 is 16.8 Å². The molecular weight excluding hydrogens is 316 g/mol. The molecule has 128 valence electrons. The molecule has 3 aromatic rings. The minimum Gasteiger partial charge on any atom is -0.356 e. The van der Waals surface area contributed by atoms with Crippen LogP contribution in [0, 0.1) is 0 Å². The minimum atomic E-state index is -0.220. The van der Waals surface area contributed by atoms with Gasteiger partial charge in [-0.3, -0.25) is 9.59 Å². The first-order valence-electron chi connectivity index (χ1n) is 8.37. The van der Waals surface area contributed by atoms with Crippen molar-refractivity contribution in [2.45, 2.75) is 25.8 Å². The van der Waals surface area contributed by atoms with Gasteiger partial charge in [0.1, 0.15) is 5.52 Å². The topological polar surface area (TPSA) is 76.9 Å². The molecule has 0 bridgehead atoms. The fraction of sp³-hybridized carbons (Fsp3) is 0.263. The lowest BCUT2D eigenvalue weighted by atomic mass is 10.1. The van der Waals surface area contributed by atoms with Crippen LogP contribution in [0.4, 0.5) is 0 Å². The van der Waals surface area contributed by atoms with Crippen LogP contribution in [0.5, 0.6) is 0 Å². The average Bonchev–Trinajstić information content (AvgIpc) is 2.66. The molecule has 1 heterocycles. The number of fused-ring (bicyclic) bond motifs is 1. The van der Waals surface area contributed by atoms with Gasteiger partial charge in [0.05, 0.1) is 11.9 Å². The van der Waals surface area contributed by atoms with Crippen molar-refractivity contribution in [2.24, 2.45) is 0 Å². The number of hydrogen-bond donors (Lipinski definition) is 1. The first-order valence-corrected chi connectivity index (χ1v) is 8.37. The molecule has 0 aliphatic heterocycles. The molecule has 0 aliphatic carbocycles. The summed E-state index contributed by atoms with van der Waals surface area (Å²) in [6.07, 6.45) is 2.01. The van der Waals surface area contributed by atoms with Crippen molar-refractivity contribution in [3.63, 3.8) is 0 Å². The number of carbonyl (C=O) groups is 1. The summed E-state index contributed by atoms with van der Waals surface area (Å²) in [4.78, 5) is 24.2. The van der Waals surface area contributed by atoms with E-state index < -0.39 is 0 Å². The van der Waals surface area contributed by atoms with Gasteiger partial charge in [-0.25, -0.2) is 4.68 Å². The molecule has 0 atom stereocenters. The van der Waals surface area contributed by atoms with E-state index in [4.69, 9.17) is 0 Å². The molecule has 0 fully saturated rings. The molecule has 6 nitrogen and oxygen atoms in total. The molecule has 1 N–H and O–H groups in total. The second kappa shape index (κ2) is 8.19. The highest BCUT2D eigenvalue weighted by atomic mass is 16.2. The Morgan fingerprint density at radius 1 is 1.04 bits per heavy atom. The van der Waals surface area contributed by atoms with Crippen LogP contribution >= 0.6 is 0 Å². The van der Waals surface area contributed by atoms with Crippen molar-refractivity contribution in [3.8, 4) is 0 Å². The smallest absolute Gasteiger partial charge is 0.277 e. The van der Waals surface area contributed by atoms with E-state index in [0.29, 0.717) is 17.4 Å². The van der Waals surface area contributed by atoms with Gasteiger partial charge >= 0.3 is 0 Å². The Morgan fingerprint density at radius 3 is 2.64 bits per heavy atom. The molecular formula is C19H20N4O2. The van der Waals surface area contributed by atoms with Gasteiger partial charge in [-0.1, -0.05) is 47.7 Å². The van der Waals surface area contributed by atoms with Crippen LogP contribution in [-0.4, -0.2) is 27.4 Å². The fourth-order valence-electron chi connectivity index (χ4n) is 2.63. The third-order valence-corrected chi connectivity index (χ3v) is 3.99. The quantitative estimate of drug-likeness (QED) is 0.669. The summed E-state index contributed by atoms with van der Waals surface area (Å²) in [5, 5.41) is 11.3. The number of carbonyl (C=O) groups excluding carboxylic acids is 1. The summed E-state index contributed by atoms with van der Waals surface area (Å²) in [6.45, 7) is 0.840. The Bertz CT molecular complexity index is 906. The van der Waals surface area contributed by atoms with Crippen LogP contribution in [0.15, 0.2) is 59.4 Å². The average molecular weight is 336 g/mol. The molecule has 0 saturated heterocycles. The number of hydrogen-bond acceptors (Lipinski definition) is 4. The molecule has 25 heavy (non-hydrogen) atoms. The van der Waals surface area contributed by atoms with E-state index >= 15 is 0 Å². The van der Waals surface area contributed by atoms with E-state index in [-0.39, 0.29) is 24.4 Å². The second-order valence-corrected chi connectivity index (χ2v) is 5.82. The van der Waals surface area contributed by atoms with Crippen LogP contribution in [0.2, 0.25) is 0 Å². The summed E-state index contributed by atoms with van der Waals surface area (Å²) < 4.78 is 1.24. The van der Waals surface area contributed by atoms with E-state index in [9.17, 15) is 9.59 Å². The maximum absolute atomic E-state index is 12.3. The number of rotatable bonds is 7. The standard InChI is InChI=1S/C19H20N4O2/c24-18(20-13-6-9-15-7-2-1-3-8-15)12-14-23-19(25)16-10-4-5-11-17(16)21-22-23/h1-5,7-8,10-11H,6,9,12-14H2,(H,20,24). The van der Waals surface area contributed by atoms with E-state index in [2.05, 4.69) is 27.8 Å². The van der Waals surface area contributed by atoms with Crippen LogP contribution < -0.4 is 10.9 Å². The monoisotopic (exact) mass is 336 g/mol. The van der Waals surface area contributed by atoms with Crippen molar-refractivity contribution in [1.29, 1.82) is 0 Å². The summed E-state index contributed by atoms with van der Waals surface area (Å²) in [7, 11) is 0. The van der Waals surface area contributed by atoms with Crippen LogP contribution in [0.1, 0.15) is 18.4 Å². The lowest BCUT2D eigenvalue weighted by Gasteiger charge is -2.07. The van der Waals surface area contributed by atoms with E-state index in [0.717, 1.165) is 12.8 Å². The van der Waals surface area contributed by atoms with E-state index in [1.165, 1.54) is 10.2 Å². The van der Waals surface area contributed by atoms with Gasteiger partial charge in [0.2, 0.25) is 5.91 Å². The molecule has 0 saturated carbocycles. The van der Waals surface area contributed by atoms with Crippen molar-refractivity contribution in [1.82, 2.24) is 20.3 Å². The lowest BCUT2D eigenvalue weighted by molar-refractivity contribution is -0.121. The molecule has 0 aliphatic rings. The van der Waals surface area contributed by atoms with E-state index in [1.54, 1.807) is 18.2 Å². The SMILES string of the molecule is O=C(CCn1nnc2ccccc2c1=O)NCCCc1ccccc1. The van der Waals surface area contributed by atoms with Gasteiger partial charge in [0.15, 0.2) is 0 Å². The van der Waals surface area contributed by atoms with Gasteiger partial charge < -0.3 is 5.32 Å². The summed E-state index contributed by atoms with van der Waals surface area (Å²) in [6, 6.07) is 17.2. The highest BCUT2D eigenvalue weighted by Gasteiger charge is 2.07. The third-order valence-electron chi connectivity index (χ3n) is 3.99. The maximum Gasteiger partial charge on any atom is 0.277 e. The Hall–Kier alpha value is -3.02. The number of benzene rings is 2. The number of aromatic nitrogens is 3. The van der Waals surface area contributed by atoms with Crippen molar-refractivity contribution < 1.29 is 4.79 Å². The number of nitrogens with zero attached hydrogens (tertiary/aromatic N) is 3. The molecule has 1 amide bonds. The van der Waals surface area contributed by atoms with Crippen LogP contribution in [0.25, 0.3) is 10.9 Å². The predicted octanol–water partition coefficient (Wildman–Crippen LogP) is 1.93. The van der Waals surface area contributed by atoms with Gasteiger partial charge in [-0.05, 0) is 30.5 Å². The normalized spacial score (nSPS) is 10.7. The van der Waals surface area contributed by atoms with Gasteiger partial charge in [0, 0.05) is 13.0 Å². The van der Waals surface area contributed by atoms with Gasteiger partial charge in [-0.15, -0.1) is 5.10 Å². The zero-order valence-electron chi connectivity index (χ0n) is 13.9. The molecule has 0 spiro atoms. The molecule has 0 unspecified atom stereocenters. The summed E-state index contributed by atoms with van der Waals surface area (Å²) in [5.41, 5.74) is 1.60. The maximum atomic E-state index is 12.3. The fourth-order valence-corrected chi connectivity index (χ4v) is 2.63. The van der Waals surface area contributed by atoms with Crippen molar-refractivity contribution in [3.05, 3.63) is 70.5 Å². The molecule has 2 aromatic carbocycles. The van der Waals surface area contributed by atoms with Gasteiger partial charge in [-0.2, -0.15) is 0 Å². The molecule has 3 rings (SSSR count). The highest BCUT2D eigenvalue weighted by Crippen LogP contribution is 2.04. The Morgan fingerprint density at radius 2 is 1.80 bits per heavy atom. The third kappa shape index (κ3) is 4.50.